The third-order valence-corrected chi connectivity index (χ3v) is 4.43. The van der Waals surface area contributed by atoms with Crippen LogP contribution in [0.2, 0.25) is 5.02 Å². The number of halogens is 1. The molecule has 3 N–H and O–H groups in total. The molecule has 1 aromatic heterocycles. The molecule has 0 atom stereocenters. The molecule has 3 rings (SSSR count). The quantitative estimate of drug-likeness (QED) is 0.568. The molecule has 0 unspecified atom stereocenters. The predicted octanol–water partition coefficient (Wildman–Crippen LogP) is 5.00. The average molecular weight is 395 g/mol. The summed E-state index contributed by atoms with van der Waals surface area (Å²) in [5.74, 6) is 0.191. The highest BCUT2D eigenvalue weighted by Crippen LogP contribution is 2.25. The van der Waals surface area contributed by atoms with Crippen molar-refractivity contribution in [1.29, 1.82) is 0 Å². The number of carbonyl (C=O) groups is 2. The van der Waals surface area contributed by atoms with E-state index in [2.05, 4.69) is 20.9 Å². The molecular formula is C21H19ClN4O2. The lowest BCUT2D eigenvalue weighted by Crippen LogP contribution is -2.12. The first-order valence-corrected chi connectivity index (χ1v) is 8.97. The molecule has 0 aliphatic rings. The maximum atomic E-state index is 12.4. The molecule has 0 aliphatic heterocycles. The van der Waals surface area contributed by atoms with Gasteiger partial charge in [0, 0.05) is 35.2 Å². The minimum atomic E-state index is -0.273. The van der Waals surface area contributed by atoms with Crippen molar-refractivity contribution in [2.45, 2.75) is 13.8 Å². The first kappa shape index (κ1) is 19.4. The van der Waals surface area contributed by atoms with Crippen LogP contribution in [0.5, 0.6) is 0 Å². The lowest BCUT2D eigenvalue weighted by atomic mass is 10.2. The van der Waals surface area contributed by atoms with E-state index >= 15 is 0 Å². The summed E-state index contributed by atoms with van der Waals surface area (Å²) in [7, 11) is 0. The summed E-state index contributed by atoms with van der Waals surface area (Å²) in [5.41, 5.74) is 3.50. The van der Waals surface area contributed by atoms with E-state index in [-0.39, 0.29) is 11.8 Å². The van der Waals surface area contributed by atoms with Gasteiger partial charge in [-0.2, -0.15) is 0 Å². The summed E-state index contributed by atoms with van der Waals surface area (Å²) in [6, 6.07) is 15.9. The molecule has 7 heteroatoms. The Balaban J connectivity index is 1.65. The second-order valence-corrected chi connectivity index (χ2v) is 6.59. The molecule has 0 radical (unpaired) electrons. The number of rotatable bonds is 5. The predicted molar refractivity (Wildman–Crippen MR) is 112 cm³/mol. The smallest absolute Gasteiger partial charge is 0.257 e. The summed E-state index contributed by atoms with van der Waals surface area (Å²) in [5, 5.41) is 9.33. The van der Waals surface area contributed by atoms with Gasteiger partial charge in [-0.1, -0.05) is 17.7 Å². The molecule has 28 heavy (non-hydrogen) atoms. The van der Waals surface area contributed by atoms with Gasteiger partial charge < -0.3 is 16.0 Å². The maximum absolute atomic E-state index is 12.4. The fourth-order valence-corrected chi connectivity index (χ4v) is 2.70. The number of carbonyl (C=O) groups excluding carboxylic acids is 2. The minimum absolute atomic E-state index is 0.149. The Labute approximate surface area is 168 Å². The van der Waals surface area contributed by atoms with Crippen LogP contribution >= 0.6 is 11.6 Å². The summed E-state index contributed by atoms with van der Waals surface area (Å²) in [6.07, 6.45) is 1.50. The van der Waals surface area contributed by atoms with Crippen molar-refractivity contribution in [2.24, 2.45) is 0 Å². The van der Waals surface area contributed by atoms with Gasteiger partial charge in [0.05, 0.1) is 5.56 Å². The lowest BCUT2D eigenvalue weighted by Gasteiger charge is -2.10. The topological polar surface area (TPSA) is 83.1 Å². The van der Waals surface area contributed by atoms with Crippen LogP contribution in [0.15, 0.2) is 60.8 Å². The normalized spacial score (nSPS) is 10.2. The second-order valence-electron chi connectivity index (χ2n) is 6.18. The first-order chi connectivity index (χ1) is 13.4. The average Bonchev–Trinajstić information content (AvgIpc) is 2.67. The Morgan fingerprint density at radius 3 is 2.21 bits per heavy atom. The zero-order chi connectivity index (χ0) is 20.1. The summed E-state index contributed by atoms with van der Waals surface area (Å²) < 4.78 is 0. The van der Waals surface area contributed by atoms with E-state index in [1.165, 1.54) is 13.1 Å². The van der Waals surface area contributed by atoms with Crippen molar-refractivity contribution >= 4 is 46.3 Å². The van der Waals surface area contributed by atoms with Gasteiger partial charge in [0.25, 0.3) is 5.91 Å². The van der Waals surface area contributed by atoms with Crippen LogP contribution in [-0.2, 0) is 4.79 Å². The standard InChI is InChI=1S/C21H19ClN4O2/c1-13-18(22)4-3-5-19(13)26-20-11-6-15(12-23-20)21(28)25-17-9-7-16(8-10-17)24-14(2)27/h3-12H,1-2H3,(H,23,26)(H,24,27)(H,25,28). The minimum Gasteiger partial charge on any atom is -0.340 e. The third kappa shape index (κ3) is 4.86. The summed E-state index contributed by atoms with van der Waals surface area (Å²) >= 11 is 6.12. The Bertz CT molecular complexity index is 1000. The largest absolute Gasteiger partial charge is 0.340 e. The molecule has 0 saturated carbocycles. The molecule has 2 amide bonds. The zero-order valence-electron chi connectivity index (χ0n) is 15.4. The molecule has 0 bridgehead atoms. The molecule has 3 aromatic rings. The van der Waals surface area contributed by atoms with Crippen LogP contribution in [0.1, 0.15) is 22.8 Å². The van der Waals surface area contributed by atoms with Gasteiger partial charge in [-0.3, -0.25) is 9.59 Å². The van der Waals surface area contributed by atoms with Gasteiger partial charge in [-0.05, 0) is 61.0 Å². The highest BCUT2D eigenvalue weighted by atomic mass is 35.5. The third-order valence-electron chi connectivity index (χ3n) is 4.02. The Morgan fingerprint density at radius 2 is 1.61 bits per heavy atom. The molecular weight excluding hydrogens is 376 g/mol. The van der Waals surface area contributed by atoms with Crippen molar-refractivity contribution in [3.8, 4) is 0 Å². The number of anilines is 4. The van der Waals surface area contributed by atoms with E-state index in [1.54, 1.807) is 36.4 Å². The van der Waals surface area contributed by atoms with Crippen LogP contribution in [0.3, 0.4) is 0 Å². The van der Waals surface area contributed by atoms with Crippen LogP contribution in [0.25, 0.3) is 0 Å². The molecule has 1 heterocycles. The second kappa shape index (κ2) is 8.54. The van der Waals surface area contributed by atoms with Gasteiger partial charge in [0.15, 0.2) is 0 Å². The highest BCUT2D eigenvalue weighted by molar-refractivity contribution is 6.31. The van der Waals surface area contributed by atoms with E-state index in [9.17, 15) is 9.59 Å². The number of pyridine rings is 1. The van der Waals surface area contributed by atoms with E-state index in [0.717, 1.165) is 11.3 Å². The van der Waals surface area contributed by atoms with Crippen LogP contribution in [0, 0.1) is 6.92 Å². The Kier molecular flexibility index (Phi) is 5.91. The molecule has 0 aliphatic carbocycles. The number of nitrogens with zero attached hydrogens (tertiary/aromatic N) is 1. The lowest BCUT2D eigenvalue weighted by molar-refractivity contribution is -0.114. The van der Waals surface area contributed by atoms with Gasteiger partial charge in [-0.25, -0.2) is 4.98 Å². The van der Waals surface area contributed by atoms with Gasteiger partial charge in [-0.15, -0.1) is 0 Å². The number of aromatic nitrogens is 1. The van der Waals surface area contributed by atoms with E-state index in [4.69, 9.17) is 11.6 Å². The molecule has 0 fully saturated rings. The van der Waals surface area contributed by atoms with E-state index in [1.807, 2.05) is 25.1 Å². The Morgan fingerprint density at radius 1 is 0.929 bits per heavy atom. The fourth-order valence-electron chi connectivity index (χ4n) is 2.53. The molecule has 0 spiro atoms. The van der Waals surface area contributed by atoms with Crippen molar-refractivity contribution in [1.82, 2.24) is 4.98 Å². The van der Waals surface area contributed by atoms with Gasteiger partial charge in [0.2, 0.25) is 5.91 Å². The Hall–Kier alpha value is -3.38. The van der Waals surface area contributed by atoms with Gasteiger partial charge >= 0.3 is 0 Å². The summed E-state index contributed by atoms with van der Waals surface area (Å²) in [4.78, 5) is 27.7. The van der Waals surface area contributed by atoms with Crippen LogP contribution < -0.4 is 16.0 Å². The number of nitrogens with one attached hydrogen (secondary N) is 3. The van der Waals surface area contributed by atoms with Crippen LogP contribution in [0.4, 0.5) is 22.9 Å². The van der Waals surface area contributed by atoms with Crippen molar-refractivity contribution in [2.75, 3.05) is 16.0 Å². The van der Waals surface area contributed by atoms with Crippen LogP contribution in [-0.4, -0.2) is 16.8 Å². The highest BCUT2D eigenvalue weighted by Gasteiger charge is 2.08. The van der Waals surface area contributed by atoms with Crippen molar-refractivity contribution in [3.63, 3.8) is 0 Å². The van der Waals surface area contributed by atoms with E-state index < -0.39 is 0 Å². The van der Waals surface area contributed by atoms with Crippen molar-refractivity contribution in [3.05, 3.63) is 76.9 Å². The monoisotopic (exact) mass is 394 g/mol. The molecule has 0 saturated heterocycles. The number of benzene rings is 2. The fraction of sp³-hybridized carbons (Fsp3) is 0.0952. The number of amides is 2. The molecule has 142 valence electrons. The maximum Gasteiger partial charge on any atom is 0.257 e. The van der Waals surface area contributed by atoms with Gasteiger partial charge in [0.1, 0.15) is 5.82 Å². The zero-order valence-corrected chi connectivity index (χ0v) is 16.2. The molecule has 2 aromatic carbocycles. The summed E-state index contributed by atoms with van der Waals surface area (Å²) in [6.45, 7) is 3.36. The van der Waals surface area contributed by atoms with Crippen molar-refractivity contribution < 1.29 is 9.59 Å². The van der Waals surface area contributed by atoms with E-state index in [0.29, 0.717) is 27.8 Å². The SMILES string of the molecule is CC(=O)Nc1ccc(NC(=O)c2ccc(Nc3cccc(Cl)c3C)nc2)cc1. The first-order valence-electron chi connectivity index (χ1n) is 8.59. The molecule has 6 nitrogen and oxygen atoms in total. The number of hydrogen-bond donors (Lipinski definition) is 3. The number of hydrogen-bond acceptors (Lipinski definition) is 4.